The molecule has 10 heavy (non-hydrogen) atoms. The predicted octanol–water partition coefficient (Wildman–Crippen LogP) is -0.258. The molecule has 0 aliphatic carbocycles. The van der Waals surface area contributed by atoms with E-state index in [2.05, 4.69) is 9.84 Å². The van der Waals surface area contributed by atoms with E-state index >= 15 is 0 Å². The molecule has 0 unspecified atom stereocenters. The first kappa shape index (κ1) is 8.67. The Balaban J connectivity index is 4.18. The normalized spacial score (nSPS) is 10.9. The summed E-state index contributed by atoms with van der Waals surface area (Å²) in [7, 11) is 4.53. The van der Waals surface area contributed by atoms with Crippen LogP contribution in [0, 0.1) is 10.1 Å². The Morgan fingerprint density at radius 3 is 2.30 bits per heavy atom. The van der Waals surface area contributed by atoms with Crippen LogP contribution in [0.2, 0.25) is 0 Å². The molecule has 0 spiro atoms. The molecule has 0 bridgehead atoms. The number of rotatable bonds is 1. The van der Waals surface area contributed by atoms with E-state index in [1.807, 2.05) is 0 Å². The predicted molar refractivity (Wildman–Crippen MR) is 35.1 cm³/mol. The van der Waals surface area contributed by atoms with Gasteiger partial charge in [0.15, 0.2) is 5.03 Å². The van der Waals surface area contributed by atoms with Gasteiger partial charge in [-0.15, -0.1) is 0 Å². The molecule has 0 aromatic carbocycles. The van der Waals surface area contributed by atoms with Crippen molar-refractivity contribution < 1.29 is 9.77 Å². The van der Waals surface area contributed by atoms with E-state index in [4.69, 9.17) is 0 Å². The van der Waals surface area contributed by atoms with E-state index < -0.39 is 5.03 Å². The summed E-state index contributed by atoms with van der Waals surface area (Å²) in [5, 5.41) is 11.9. The maximum atomic E-state index is 9.78. The molecule has 0 amide bonds. The van der Waals surface area contributed by atoms with Gasteiger partial charge in [0.2, 0.25) is 0 Å². The summed E-state index contributed by atoms with van der Waals surface area (Å²) in [4.78, 5) is 11.2. The maximum absolute atomic E-state index is 9.78. The van der Waals surface area contributed by atoms with Crippen molar-refractivity contribution in [1.29, 1.82) is 0 Å². The molecule has 0 aromatic heterocycles. The van der Waals surface area contributed by atoms with Crippen molar-refractivity contribution in [1.82, 2.24) is 4.90 Å². The molecule has 6 heteroatoms. The summed E-state index contributed by atoms with van der Waals surface area (Å²) >= 11 is 0. The average molecular weight is 147 g/mol. The number of hydrazone groups is 1. The van der Waals surface area contributed by atoms with Crippen LogP contribution in [-0.4, -0.2) is 37.2 Å². The number of methoxy groups -OCH3 is 1. The van der Waals surface area contributed by atoms with Crippen LogP contribution >= 0.6 is 0 Å². The molecule has 0 aliphatic heterocycles. The molecular formula is C4H9N3O3. The van der Waals surface area contributed by atoms with E-state index in [1.54, 1.807) is 14.1 Å². The van der Waals surface area contributed by atoms with Gasteiger partial charge < -0.3 is 9.64 Å². The second kappa shape index (κ2) is 3.65. The maximum Gasteiger partial charge on any atom is 0.360 e. The van der Waals surface area contributed by atoms with E-state index in [1.165, 1.54) is 12.0 Å². The molecular weight excluding hydrogens is 138 g/mol. The number of ether oxygens (including phenoxy) is 1. The van der Waals surface area contributed by atoms with Gasteiger partial charge in [-0.1, -0.05) is 0 Å². The molecule has 0 heterocycles. The second-order valence-corrected chi connectivity index (χ2v) is 1.72. The summed E-state index contributed by atoms with van der Waals surface area (Å²) < 4.78 is 4.56. The van der Waals surface area contributed by atoms with Crippen LogP contribution in [0.25, 0.3) is 0 Å². The van der Waals surface area contributed by atoms with E-state index in [0.717, 1.165) is 0 Å². The zero-order valence-electron chi connectivity index (χ0n) is 6.07. The van der Waals surface area contributed by atoms with Crippen LogP contribution in [-0.2, 0) is 4.74 Å². The third-order valence-corrected chi connectivity index (χ3v) is 0.732. The highest BCUT2D eigenvalue weighted by atomic mass is 16.7. The van der Waals surface area contributed by atoms with E-state index in [9.17, 15) is 10.1 Å². The van der Waals surface area contributed by atoms with Crippen molar-refractivity contribution in [2.75, 3.05) is 21.2 Å². The van der Waals surface area contributed by atoms with Crippen LogP contribution in [0.4, 0.5) is 0 Å². The summed E-state index contributed by atoms with van der Waals surface area (Å²) in [5.41, 5.74) is 0. The summed E-state index contributed by atoms with van der Waals surface area (Å²) in [6.07, 6.45) is 0. The van der Waals surface area contributed by atoms with Crippen molar-refractivity contribution >= 4 is 6.02 Å². The Kier molecular flexibility index (Phi) is 3.16. The van der Waals surface area contributed by atoms with Crippen molar-refractivity contribution in [2.45, 2.75) is 0 Å². The van der Waals surface area contributed by atoms with Crippen LogP contribution < -0.4 is 0 Å². The first-order valence-corrected chi connectivity index (χ1v) is 2.52. The van der Waals surface area contributed by atoms with Crippen LogP contribution in [0.5, 0.6) is 0 Å². The number of hydrogen-bond donors (Lipinski definition) is 0. The van der Waals surface area contributed by atoms with Gasteiger partial charge in [-0.2, -0.15) is 0 Å². The average Bonchev–Trinajstić information content (AvgIpc) is 1.81. The first-order chi connectivity index (χ1) is 4.57. The lowest BCUT2D eigenvalue weighted by Gasteiger charge is -2.08. The Bertz CT molecular complexity index is 154. The molecule has 6 nitrogen and oxygen atoms in total. The van der Waals surface area contributed by atoms with Crippen molar-refractivity contribution in [3.05, 3.63) is 10.1 Å². The van der Waals surface area contributed by atoms with E-state index in [0.29, 0.717) is 0 Å². The Morgan fingerprint density at radius 2 is 2.20 bits per heavy atom. The fraction of sp³-hybridized carbons (Fsp3) is 0.750. The van der Waals surface area contributed by atoms with Gasteiger partial charge >= 0.3 is 6.02 Å². The van der Waals surface area contributed by atoms with Crippen LogP contribution in [0.15, 0.2) is 5.10 Å². The standard InChI is InChI=1S/C4H9N3O3/c1-6(2)4(10-3)5-7(8)9/h1-3H3. The zero-order valence-corrected chi connectivity index (χ0v) is 6.07. The molecule has 58 valence electrons. The Morgan fingerprint density at radius 1 is 1.70 bits per heavy atom. The Labute approximate surface area is 58.2 Å². The summed E-state index contributed by atoms with van der Waals surface area (Å²) in [5.74, 6) is 0. The number of amidine groups is 1. The molecule has 0 atom stereocenters. The minimum absolute atomic E-state index is 0.0231. The molecule has 0 N–H and O–H groups in total. The zero-order chi connectivity index (χ0) is 8.15. The van der Waals surface area contributed by atoms with Crippen molar-refractivity contribution in [2.24, 2.45) is 5.10 Å². The smallest absolute Gasteiger partial charge is 0.360 e. The molecule has 0 rings (SSSR count). The van der Waals surface area contributed by atoms with Gasteiger partial charge in [0.1, 0.15) is 5.10 Å². The van der Waals surface area contributed by atoms with E-state index in [-0.39, 0.29) is 6.02 Å². The van der Waals surface area contributed by atoms with Crippen LogP contribution in [0.3, 0.4) is 0 Å². The fourth-order valence-electron chi connectivity index (χ4n) is 0.383. The number of hydrogen-bond acceptors (Lipinski definition) is 3. The highest BCUT2D eigenvalue weighted by Gasteiger charge is 2.05. The SMILES string of the molecule is COC(=N[N+](=O)[O-])N(C)C. The molecule has 0 saturated carbocycles. The minimum Gasteiger partial charge on any atom is -0.464 e. The third-order valence-electron chi connectivity index (χ3n) is 0.732. The van der Waals surface area contributed by atoms with Gasteiger partial charge in [0, 0.05) is 14.1 Å². The monoisotopic (exact) mass is 147 g/mol. The van der Waals surface area contributed by atoms with Gasteiger partial charge in [0.25, 0.3) is 0 Å². The largest absolute Gasteiger partial charge is 0.464 e. The summed E-state index contributed by atoms with van der Waals surface area (Å²) in [6.45, 7) is 0. The summed E-state index contributed by atoms with van der Waals surface area (Å²) in [6, 6.07) is -0.0231. The molecule has 0 radical (unpaired) electrons. The van der Waals surface area contributed by atoms with Gasteiger partial charge in [-0.05, 0) is 0 Å². The highest BCUT2D eigenvalue weighted by Crippen LogP contribution is 1.84. The quantitative estimate of drug-likeness (QED) is 0.222. The van der Waals surface area contributed by atoms with Crippen molar-refractivity contribution in [3.63, 3.8) is 0 Å². The fourth-order valence-corrected chi connectivity index (χ4v) is 0.383. The number of nitro groups is 1. The molecule has 0 aliphatic rings. The lowest BCUT2D eigenvalue weighted by atomic mass is 10.9. The topological polar surface area (TPSA) is 68.0 Å². The lowest BCUT2D eigenvalue weighted by molar-refractivity contribution is -0.486. The second-order valence-electron chi connectivity index (χ2n) is 1.72. The van der Waals surface area contributed by atoms with Gasteiger partial charge in [0.05, 0.1) is 7.11 Å². The highest BCUT2D eigenvalue weighted by molar-refractivity contribution is 5.72. The molecule has 0 saturated heterocycles. The van der Waals surface area contributed by atoms with Gasteiger partial charge in [-0.25, -0.2) is 10.1 Å². The first-order valence-electron chi connectivity index (χ1n) is 2.52. The van der Waals surface area contributed by atoms with Gasteiger partial charge in [-0.3, -0.25) is 0 Å². The molecule has 0 aromatic rings. The lowest BCUT2D eigenvalue weighted by Crippen LogP contribution is -2.24. The third kappa shape index (κ3) is 2.85. The van der Waals surface area contributed by atoms with Crippen molar-refractivity contribution in [3.8, 4) is 0 Å². The molecule has 0 fully saturated rings. The minimum atomic E-state index is -0.807. The number of nitrogens with zero attached hydrogens (tertiary/aromatic N) is 3. The van der Waals surface area contributed by atoms with Crippen LogP contribution in [0.1, 0.15) is 0 Å². The Hall–Kier alpha value is -1.33.